The summed E-state index contributed by atoms with van der Waals surface area (Å²) >= 11 is 0. The lowest BCUT2D eigenvalue weighted by Gasteiger charge is -2.43. The summed E-state index contributed by atoms with van der Waals surface area (Å²) < 4.78 is 0. The number of hydrogen-bond donors (Lipinski definition) is 0. The van der Waals surface area contributed by atoms with Gasteiger partial charge in [-0.05, 0) is 231 Å². The number of nitrogens with zero attached hydrogens (tertiary/aromatic N) is 2. The van der Waals surface area contributed by atoms with Crippen LogP contribution in [-0.2, 0) is 10.8 Å². The number of fused-ring (bicyclic) bond motifs is 8. The van der Waals surface area contributed by atoms with Crippen LogP contribution in [0.1, 0.15) is 74.9 Å². The highest BCUT2D eigenvalue weighted by atomic mass is 15.2. The van der Waals surface area contributed by atoms with Crippen LogP contribution in [0.4, 0.5) is 34.1 Å². The molecule has 12 aromatic carbocycles. The molecule has 382 valence electrons. The zero-order valence-corrected chi connectivity index (χ0v) is 47.5. The van der Waals surface area contributed by atoms with Gasteiger partial charge in [0.1, 0.15) is 0 Å². The fourth-order valence-corrected chi connectivity index (χ4v) is 15.4. The Morgan fingerprint density at radius 1 is 0.300 bits per heavy atom. The van der Waals surface area contributed by atoms with Gasteiger partial charge in [0.2, 0.25) is 13.4 Å². The van der Waals surface area contributed by atoms with Gasteiger partial charge in [0.05, 0.1) is 0 Å². The zero-order valence-electron chi connectivity index (χ0n) is 47.5. The van der Waals surface area contributed by atoms with E-state index in [2.05, 4.69) is 273 Å². The third-order valence-electron chi connectivity index (χ3n) is 19.0. The molecule has 2 nitrogen and oxygen atoms in total. The maximum atomic E-state index is 2.70. The normalized spacial score (nSPS) is 13.8. The Bertz CT molecular complexity index is 4330. The number of anilines is 6. The summed E-state index contributed by atoms with van der Waals surface area (Å²) in [5, 5.41) is 8.25. The Morgan fingerprint density at radius 3 is 1.04 bits per heavy atom. The molecule has 0 N–H and O–H groups in total. The van der Waals surface area contributed by atoms with Crippen molar-refractivity contribution in [3.63, 3.8) is 0 Å². The van der Waals surface area contributed by atoms with E-state index in [1.807, 2.05) is 0 Å². The molecule has 0 aromatic heterocycles. The highest BCUT2D eigenvalue weighted by molar-refractivity contribution is 7.02. The van der Waals surface area contributed by atoms with Crippen molar-refractivity contribution in [2.45, 2.75) is 80.1 Å². The lowest BCUT2D eigenvalue weighted by Crippen LogP contribution is -2.60. The molecule has 0 spiro atoms. The van der Waals surface area contributed by atoms with Crippen molar-refractivity contribution < 1.29 is 0 Å². The number of rotatable bonds is 4. The van der Waals surface area contributed by atoms with Gasteiger partial charge in [-0.3, -0.25) is 0 Å². The molecule has 4 heterocycles. The number of para-hydroxylation sites is 4. The van der Waals surface area contributed by atoms with E-state index < -0.39 is 0 Å². The molecule has 0 fully saturated rings. The first-order valence-electron chi connectivity index (χ1n) is 28.9. The second-order valence-corrected chi connectivity index (χ2v) is 25.7. The summed E-state index contributed by atoms with van der Waals surface area (Å²) in [6.07, 6.45) is 0. The highest BCUT2D eigenvalue weighted by Crippen LogP contribution is 2.54. The first kappa shape index (κ1) is 47.4. The van der Waals surface area contributed by atoms with E-state index in [0.29, 0.717) is 0 Å². The van der Waals surface area contributed by atoms with Crippen molar-refractivity contribution in [2.24, 2.45) is 0 Å². The van der Waals surface area contributed by atoms with E-state index in [9.17, 15) is 0 Å². The number of benzene rings is 12. The third-order valence-corrected chi connectivity index (χ3v) is 19.0. The van der Waals surface area contributed by atoms with Crippen LogP contribution >= 0.6 is 0 Å². The minimum absolute atomic E-state index is 0.0139. The first-order chi connectivity index (χ1) is 38.7. The molecule has 0 amide bonds. The predicted octanol–water partition coefficient (Wildman–Crippen LogP) is 16.3. The van der Waals surface area contributed by atoms with E-state index in [0.717, 1.165) is 0 Å². The summed E-state index contributed by atoms with van der Waals surface area (Å²) in [5.74, 6) is 0. The Morgan fingerprint density at radius 2 is 0.662 bits per heavy atom. The minimum Gasteiger partial charge on any atom is -0.311 e. The summed E-state index contributed by atoms with van der Waals surface area (Å²) in [6.45, 7) is 23.6. The lowest BCUT2D eigenvalue weighted by molar-refractivity contribution is 0.590. The molecule has 4 aliphatic heterocycles. The van der Waals surface area contributed by atoms with Gasteiger partial charge in [-0.2, -0.15) is 0 Å². The fraction of sp³-hybridized carbons (Fsp3) is 0.158. The van der Waals surface area contributed by atoms with Gasteiger partial charge in [-0.1, -0.05) is 186 Å². The van der Waals surface area contributed by atoms with E-state index in [4.69, 9.17) is 0 Å². The van der Waals surface area contributed by atoms with Crippen LogP contribution in [0.3, 0.4) is 0 Å². The van der Waals surface area contributed by atoms with Crippen molar-refractivity contribution in [1.82, 2.24) is 0 Å². The van der Waals surface area contributed by atoms with Gasteiger partial charge in [0, 0.05) is 34.1 Å². The average Bonchev–Trinajstić information content (AvgIpc) is 2.09. The molecule has 4 aliphatic rings. The standard InChI is InChI=1S/C76H62B2N2/c1-43-23-21-24-44(2)67(43)51-39-53-57-35-47(75(5,6)7)37-65-73(57)78(60-32-18-20-34-64(60)79(65)49-27-13-11-14-28-49)62-42-56-52(68-45(3)25-22-26-46(68)4)40-54-58-36-48(76(8,9)10)38-66-74(58)77(61-41-55(51)71(69(53)62)72(56)70(54)61)59-31-17-19-33-63(59)80(66)50-29-15-12-16-30-50/h11-42H,1-10H3. The Hall–Kier alpha value is -8.59. The van der Waals surface area contributed by atoms with Gasteiger partial charge in [0.25, 0.3) is 0 Å². The average molecular weight is 1020 g/mol. The van der Waals surface area contributed by atoms with Gasteiger partial charge in [0.15, 0.2) is 0 Å². The first-order valence-corrected chi connectivity index (χ1v) is 28.9. The molecule has 0 saturated carbocycles. The predicted molar refractivity (Wildman–Crippen MR) is 347 cm³/mol. The Balaban J connectivity index is 1.16. The maximum absolute atomic E-state index is 2.70. The summed E-state index contributed by atoms with van der Waals surface area (Å²) in [6, 6.07) is 75.6. The van der Waals surface area contributed by atoms with Gasteiger partial charge >= 0.3 is 0 Å². The van der Waals surface area contributed by atoms with Crippen LogP contribution < -0.4 is 42.6 Å². The molecule has 0 aliphatic carbocycles. The smallest absolute Gasteiger partial charge is 0.248 e. The monoisotopic (exact) mass is 1020 g/mol. The van der Waals surface area contributed by atoms with Crippen LogP contribution in [0.5, 0.6) is 0 Å². The van der Waals surface area contributed by atoms with Crippen molar-refractivity contribution in [3.8, 4) is 44.5 Å². The fourth-order valence-electron chi connectivity index (χ4n) is 15.4. The molecule has 0 unspecified atom stereocenters. The molecule has 0 saturated heterocycles. The van der Waals surface area contributed by atoms with Gasteiger partial charge in [-0.15, -0.1) is 0 Å². The molecule has 0 atom stereocenters. The van der Waals surface area contributed by atoms with E-state index in [1.54, 1.807) is 0 Å². The van der Waals surface area contributed by atoms with Crippen molar-refractivity contribution >= 4 is 113 Å². The van der Waals surface area contributed by atoms with Crippen LogP contribution in [0.25, 0.3) is 76.8 Å². The molecular weight excluding hydrogens is 962 g/mol. The quantitative estimate of drug-likeness (QED) is 0.128. The minimum atomic E-state index is -0.120. The van der Waals surface area contributed by atoms with Crippen molar-refractivity contribution in [2.75, 3.05) is 9.80 Å². The van der Waals surface area contributed by atoms with E-state index in [-0.39, 0.29) is 24.3 Å². The van der Waals surface area contributed by atoms with Crippen LogP contribution in [0.2, 0.25) is 0 Å². The maximum Gasteiger partial charge on any atom is 0.248 e. The van der Waals surface area contributed by atoms with Crippen LogP contribution in [-0.4, -0.2) is 13.4 Å². The van der Waals surface area contributed by atoms with Gasteiger partial charge in [-0.25, -0.2) is 0 Å². The topological polar surface area (TPSA) is 6.48 Å². The second-order valence-electron chi connectivity index (χ2n) is 25.7. The van der Waals surface area contributed by atoms with E-state index in [1.165, 1.54) is 177 Å². The SMILES string of the molecule is Cc1cccc(C)c1-c1cc2c3c(cc4c(-c5c(C)cccc5C)cc5c6c(cc1c3c46)B1c3ccccc3N(c3ccccc3)c3cc(C(C)(C)C)cc-5c31)B1c3ccccc3N(c3ccccc3)c3cc(C(C)(C)C)cc-2c31. The molecule has 16 rings (SSSR count). The van der Waals surface area contributed by atoms with Crippen LogP contribution in [0.15, 0.2) is 194 Å². The summed E-state index contributed by atoms with van der Waals surface area (Å²) in [5.41, 5.74) is 33.9. The largest absolute Gasteiger partial charge is 0.311 e. The zero-order chi connectivity index (χ0) is 54.4. The Labute approximate surface area is 471 Å². The molecule has 12 aromatic rings. The molecule has 80 heavy (non-hydrogen) atoms. The van der Waals surface area contributed by atoms with E-state index >= 15 is 0 Å². The third kappa shape index (κ3) is 6.39. The van der Waals surface area contributed by atoms with Crippen LogP contribution in [0, 0.1) is 27.7 Å². The number of aryl methyl sites for hydroxylation is 4. The number of hydrogen-bond acceptors (Lipinski definition) is 2. The summed E-state index contributed by atoms with van der Waals surface area (Å²) in [7, 11) is 0. The van der Waals surface area contributed by atoms with Crippen molar-refractivity contribution in [3.05, 3.63) is 228 Å². The molecule has 0 radical (unpaired) electrons. The van der Waals surface area contributed by atoms with Crippen molar-refractivity contribution in [1.29, 1.82) is 0 Å². The second kappa shape index (κ2) is 16.5. The molecule has 0 bridgehead atoms. The Kier molecular flexibility index (Phi) is 9.78. The van der Waals surface area contributed by atoms with Gasteiger partial charge < -0.3 is 9.80 Å². The lowest BCUT2D eigenvalue weighted by atomic mass is 9.31. The molecular formula is C76H62B2N2. The molecule has 4 heteroatoms. The summed E-state index contributed by atoms with van der Waals surface area (Å²) in [4.78, 5) is 5.14. The highest BCUT2D eigenvalue weighted by Gasteiger charge is 2.46.